The summed E-state index contributed by atoms with van der Waals surface area (Å²) in [6.07, 6.45) is 3.27. The molecule has 0 aromatic heterocycles. The molecular weight excluding hydrogens is 402 g/mol. The number of nitrogens with zero attached hydrogens (tertiary/aromatic N) is 1. The number of benzene rings is 2. The van der Waals surface area contributed by atoms with Gasteiger partial charge in [-0.1, -0.05) is 44.2 Å². The topological polar surface area (TPSA) is 70.7 Å². The minimum Gasteiger partial charge on any atom is -0.383 e. The van der Waals surface area contributed by atoms with Crippen LogP contribution in [-0.4, -0.2) is 45.2 Å². The molecule has 1 fully saturated rings. The first-order valence-electron chi connectivity index (χ1n) is 11.5. The normalized spacial score (nSPS) is 14.4. The number of nitrogens with one attached hydrogen (secondary N) is 2. The van der Waals surface area contributed by atoms with Crippen LogP contribution in [0.3, 0.4) is 0 Å². The summed E-state index contributed by atoms with van der Waals surface area (Å²) in [5.74, 6) is 0.309. The van der Waals surface area contributed by atoms with E-state index in [1.165, 1.54) is 5.56 Å². The maximum atomic E-state index is 13.0. The third-order valence-electron chi connectivity index (χ3n) is 5.95. The molecule has 0 atom stereocenters. The van der Waals surface area contributed by atoms with Crippen LogP contribution in [0.25, 0.3) is 0 Å². The zero-order chi connectivity index (χ0) is 22.9. The van der Waals surface area contributed by atoms with Crippen LogP contribution in [0.5, 0.6) is 0 Å². The lowest BCUT2D eigenvalue weighted by Gasteiger charge is -2.35. The van der Waals surface area contributed by atoms with Gasteiger partial charge in [-0.15, -0.1) is 0 Å². The molecule has 2 N–H and O–H groups in total. The lowest BCUT2D eigenvalue weighted by Crippen LogP contribution is -2.36. The highest BCUT2D eigenvalue weighted by Gasteiger charge is 2.24. The van der Waals surface area contributed by atoms with Gasteiger partial charge >= 0.3 is 0 Å². The van der Waals surface area contributed by atoms with Gasteiger partial charge in [0.25, 0.3) is 5.91 Å². The fourth-order valence-electron chi connectivity index (χ4n) is 4.05. The Kier molecular flexibility index (Phi) is 8.68. The molecule has 2 amide bonds. The Bertz CT molecular complexity index is 890. The molecule has 1 aliphatic rings. The van der Waals surface area contributed by atoms with Gasteiger partial charge < -0.3 is 20.3 Å². The van der Waals surface area contributed by atoms with Crippen LogP contribution in [0, 0.1) is 11.8 Å². The van der Waals surface area contributed by atoms with Crippen molar-refractivity contribution >= 4 is 23.2 Å². The van der Waals surface area contributed by atoms with Crippen molar-refractivity contribution < 1.29 is 14.3 Å². The highest BCUT2D eigenvalue weighted by atomic mass is 16.5. The summed E-state index contributed by atoms with van der Waals surface area (Å²) in [7, 11) is 1.61. The molecule has 3 rings (SSSR count). The number of ether oxygens (including phenoxy) is 1. The van der Waals surface area contributed by atoms with E-state index in [9.17, 15) is 9.59 Å². The van der Waals surface area contributed by atoms with E-state index in [0.717, 1.165) is 38.0 Å². The predicted octanol–water partition coefficient (Wildman–Crippen LogP) is 4.12. The number of piperidine rings is 1. The Hall–Kier alpha value is -2.86. The lowest BCUT2D eigenvalue weighted by molar-refractivity contribution is -0.118. The van der Waals surface area contributed by atoms with Crippen LogP contribution in [-0.2, 0) is 16.0 Å². The Morgan fingerprint density at radius 2 is 1.81 bits per heavy atom. The van der Waals surface area contributed by atoms with E-state index in [2.05, 4.69) is 45.9 Å². The zero-order valence-corrected chi connectivity index (χ0v) is 19.4. The zero-order valence-electron chi connectivity index (χ0n) is 19.4. The average molecular weight is 438 g/mol. The molecule has 172 valence electrons. The standard InChI is InChI=1S/C26H35N3O3/c1-19(2)25(30)28-22-9-10-24(23(18-22)26(31)27-13-16-32-3)29-14-11-21(12-15-29)17-20-7-5-4-6-8-20/h4-10,18-19,21H,11-17H2,1-3H3,(H,27,31)(H,28,30). The van der Waals surface area contributed by atoms with Crippen molar-refractivity contribution in [3.05, 3.63) is 59.7 Å². The van der Waals surface area contributed by atoms with Crippen LogP contribution in [0.1, 0.15) is 42.6 Å². The first-order chi connectivity index (χ1) is 15.5. The van der Waals surface area contributed by atoms with Gasteiger partial charge in [-0.05, 0) is 48.9 Å². The van der Waals surface area contributed by atoms with E-state index in [1.807, 2.05) is 26.0 Å². The van der Waals surface area contributed by atoms with Crippen molar-refractivity contribution in [2.24, 2.45) is 11.8 Å². The Balaban J connectivity index is 1.72. The Morgan fingerprint density at radius 1 is 1.09 bits per heavy atom. The monoisotopic (exact) mass is 437 g/mol. The molecule has 0 saturated carbocycles. The van der Waals surface area contributed by atoms with Crippen LogP contribution < -0.4 is 15.5 Å². The highest BCUT2D eigenvalue weighted by Crippen LogP contribution is 2.30. The number of methoxy groups -OCH3 is 1. The molecule has 1 heterocycles. The fourth-order valence-corrected chi connectivity index (χ4v) is 4.05. The fraction of sp³-hybridized carbons (Fsp3) is 0.462. The summed E-state index contributed by atoms with van der Waals surface area (Å²) in [6, 6.07) is 16.3. The molecular formula is C26H35N3O3. The first-order valence-corrected chi connectivity index (χ1v) is 11.5. The summed E-state index contributed by atoms with van der Waals surface area (Å²) in [6.45, 7) is 6.41. The third kappa shape index (κ3) is 6.57. The number of hydrogen-bond donors (Lipinski definition) is 2. The molecule has 0 aliphatic carbocycles. The van der Waals surface area contributed by atoms with Gasteiger partial charge in [0.2, 0.25) is 5.91 Å². The van der Waals surface area contributed by atoms with Crippen molar-refractivity contribution in [3.8, 4) is 0 Å². The Labute approximate surface area is 191 Å². The number of anilines is 2. The van der Waals surface area contributed by atoms with Crippen molar-refractivity contribution in [3.63, 3.8) is 0 Å². The second-order valence-corrected chi connectivity index (χ2v) is 8.74. The maximum absolute atomic E-state index is 13.0. The number of carbonyl (C=O) groups is 2. The molecule has 1 aliphatic heterocycles. The smallest absolute Gasteiger partial charge is 0.253 e. The highest BCUT2D eigenvalue weighted by molar-refractivity contribution is 6.02. The quantitative estimate of drug-likeness (QED) is 0.579. The molecule has 0 bridgehead atoms. The SMILES string of the molecule is COCCNC(=O)c1cc(NC(=O)C(C)C)ccc1N1CCC(Cc2ccccc2)CC1. The van der Waals surface area contributed by atoms with Crippen LogP contribution in [0.4, 0.5) is 11.4 Å². The van der Waals surface area contributed by atoms with Crippen molar-refractivity contribution in [1.82, 2.24) is 5.32 Å². The second-order valence-electron chi connectivity index (χ2n) is 8.74. The van der Waals surface area contributed by atoms with Crippen molar-refractivity contribution in [2.45, 2.75) is 33.1 Å². The molecule has 2 aromatic rings. The summed E-state index contributed by atoms with van der Waals surface area (Å²) in [4.78, 5) is 27.4. The van der Waals surface area contributed by atoms with E-state index in [1.54, 1.807) is 13.2 Å². The van der Waals surface area contributed by atoms with Crippen LogP contribution in [0.2, 0.25) is 0 Å². The summed E-state index contributed by atoms with van der Waals surface area (Å²) >= 11 is 0. The predicted molar refractivity (Wildman–Crippen MR) is 129 cm³/mol. The molecule has 0 spiro atoms. The lowest BCUT2D eigenvalue weighted by atomic mass is 9.89. The van der Waals surface area contributed by atoms with Crippen molar-refractivity contribution in [1.29, 1.82) is 0 Å². The van der Waals surface area contributed by atoms with Gasteiger partial charge in [0.15, 0.2) is 0 Å². The average Bonchev–Trinajstić information content (AvgIpc) is 2.80. The molecule has 32 heavy (non-hydrogen) atoms. The van der Waals surface area contributed by atoms with E-state index in [-0.39, 0.29) is 17.7 Å². The minimum absolute atomic E-state index is 0.0646. The van der Waals surface area contributed by atoms with Gasteiger partial charge in [-0.2, -0.15) is 0 Å². The second kappa shape index (κ2) is 11.7. The summed E-state index contributed by atoms with van der Waals surface area (Å²) in [5.41, 5.74) is 3.53. The molecule has 1 saturated heterocycles. The van der Waals surface area contributed by atoms with Gasteiger partial charge in [-0.25, -0.2) is 0 Å². The van der Waals surface area contributed by atoms with Gasteiger partial charge in [-0.3, -0.25) is 9.59 Å². The van der Waals surface area contributed by atoms with E-state index < -0.39 is 0 Å². The first kappa shape index (κ1) is 23.8. The molecule has 0 unspecified atom stereocenters. The van der Waals surface area contributed by atoms with Crippen LogP contribution >= 0.6 is 0 Å². The number of rotatable bonds is 9. The molecule has 6 heteroatoms. The molecule has 0 radical (unpaired) electrons. The maximum Gasteiger partial charge on any atom is 0.253 e. The van der Waals surface area contributed by atoms with E-state index in [0.29, 0.717) is 30.3 Å². The third-order valence-corrected chi connectivity index (χ3v) is 5.95. The summed E-state index contributed by atoms with van der Waals surface area (Å²) < 4.78 is 5.06. The van der Waals surface area contributed by atoms with E-state index >= 15 is 0 Å². The molecule has 6 nitrogen and oxygen atoms in total. The van der Waals surface area contributed by atoms with Gasteiger partial charge in [0.1, 0.15) is 0 Å². The Morgan fingerprint density at radius 3 is 2.47 bits per heavy atom. The minimum atomic E-state index is -0.149. The largest absolute Gasteiger partial charge is 0.383 e. The number of carbonyl (C=O) groups excluding carboxylic acids is 2. The summed E-state index contributed by atoms with van der Waals surface area (Å²) in [5, 5.41) is 5.83. The van der Waals surface area contributed by atoms with Gasteiger partial charge in [0, 0.05) is 44.0 Å². The molecule has 2 aromatic carbocycles. The van der Waals surface area contributed by atoms with Crippen molar-refractivity contribution in [2.75, 3.05) is 43.6 Å². The van der Waals surface area contributed by atoms with E-state index in [4.69, 9.17) is 4.74 Å². The number of hydrogen-bond acceptors (Lipinski definition) is 4. The van der Waals surface area contributed by atoms with Gasteiger partial charge in [0.05, 0.1) is 12.2 Å². The van der Waals surface area contributed by atoms with Crippen LogP contribution in [0.15, 0.2) is 48.5 Å². The number of amides is 2.